The third-order valence-corrected chi connectivity index (χ3v) is 8.85. The molecule has 2 amide bonds. The molecule has 1 unspecified atom stereocenters. The number of nitrogens with one attached hydrogen (secondary N) is 2. The zero-order valence-corrected chi connectivity index (χ0v) is 20.0. The standard InChI is InChI=1S/C24H30N2O4S2/c1-17(27)25-19-8-6-7-18(15-19)20-10-11-21(32-20)24(12-3-5-14-31-24)16-22(28)26-30-23-9-2-4-13-29-23/h6-8,10-11,15,23H,2-5,9,12-14,16H2,1H3,(H,25,27)(H,26,28)/t23?,24-/m0/s1. The molecule has 6 nitrogen and oxygen atoms in total. The van der Waals surface area contributed by atoms with Crippen LogP contribution >= 0.6 is 23.1 Å². The van der Waals surface area contributed by atoms with Gasteiger partial charge in [0.2, 0.25) is 11.8 Å². The highest BCUT2D eigenvalue weighted by Crippen LogP contribution is 2.51. The van der Waals surface area contributed by atoms with Crippen molar-refractivity contribution in [3.8, 4) is 10.4 Å². The summed E-state index contributed by atoms with van der Waals surface area (Å²) in [5, 5.41) is 2.84. The summed E-state index contributed by atoms with van der Waals surface area (Å²) in [4.78, 5) is 32.1. The summed E-state index contributed by atoms with van der Waals surface area (Å²) in [7, 11) is 0. The molecule has 2 atom stereocenters. The maximum Gasteiger partial charge on any atom is 0.245 e. The highest BCUT2D eigenvalue weighted by atomic mass is 32.2. The number of hydrogen-bond acceptors (Lipinski definition) is 6. The van der Waals surface area contributed by atoms with Crippen LogP contribution < -0.4 is 10.8 Å². The first-order chi connectivity index (χ1) is 15.5. The van der Waals surface area contributed by atoms with Gasteiger partial charge in [0.05, 0.1) is 4.75 Å². The van der Waals surface area contributed by atoms with Gasteiger partial charge >= 0.3 is 0 Å². The molecule has 2 aliphatic heterocycles. The van der Waals surface area contributed by atoms with E-state index in [1.165, 1.54) is 18.2 Å². The van der Waals surface area contributed by atoms with Crippen LogP contribution in [0.4, 0.5) is 5.69 Å². The van der Waals surface area contributed by atoms with Crippen LogP contribution in [0.1, 0.15) is 56.7 Å². The summed E-state index contributed by atoms with van der Waals surface area (Å²) in [6.07, 6.45) is 6.21. The molecular formula is C24H30N2O4S2. The van der Waals surface area contributed by atoms with Crippen LogP contribution in [0.5, 0.6) is 0 Å². The Labute approximate surface area is 197 Å². The third-order valence-electron chi connectivity index (χ3n) is 5.76. The van der Waals surface area contributed by atoms with Gasteiger partial charge in [-0.1, -0.05) is 18.6 Å². The first kappa shape index (κ1) is 23.3. The van der Waals surface area contributed by atoms with E-state index >= 15 is 0 Å². The van der Waals surface area contributed by atoms with Crippen LogP contribution in [-0.2, 0) is 23.9 Å². The zero-order chi connectivity index (χ0) is 22.4. The van der Waals surface area contributed by atoms with Crippen LogP contribution in [0, 0.1) is 0 Å². The van der Waals surface area contributed by atoms with E-state index < -0.39 is 0 Å². The lowest BCUT2D eigenvalue weighted by Gasteiger charge is -2.35. The minimum Gasteiger partial charge on any atom is -0.350 e. The predicted molar refractivity (Wildman–Crippen MR) is 129 cm³/mol. The van der Waals surface area contributed by atoms with Crippen LogP contribution in [0.3, 0.4) is 0 Å². The Kier molecular flexibility index (Phi) is 7.88. The fraction of sp³-hybridized carbons (Fsp3) is 0.500. The Morgan fingerprint density at radius 2 is 2.09 bits per heavy atom. The van der Waals surface area contributed by atoms with Crippen molar-refractivity contribution in [1.29, 1.82) is 0 Å². The summed E-state index contributed by atoms with van der Waals surface area (Å²) in [6, 6.07) is 12.1. The molecule has 2 saturated heterocycles. The second-order valence-electron chi connectivity index (χ2n) is 8.34. The van der Waals surface area contributed by atoms with Gasteiger partial charge in [0.1, 0.15) is 0 Å². The van der Waals surface area contributed by atoms with Gasteiger partial charge in [-0.15, -0.1) is 23.1 Å². The van der Waals surface area contributed by atoms with Crippen LogP contribution in [-0.4, -0.2) is 30.5 Å². The molecule has 0 bridgehead atoms. The lowest BCUT2D eigenvalue weighted by molar-refractivity contribution is -0.200. The van der Waals surface area contributed by atoms with Gasteiger partial charge in [-0.05, 0) is 61.3 Å². The zero-order valence-electron chi connectivity index (χ0n) is 18.4. The molecule has 4 rings (SSSR count). The average molecular weight is 475 g/mol. The van der Waals surface area contributed by atoms with E-state index in [0.717, 1.165) is 54.0 Å². The van der Waals surface area contributed by atoms with E-state index in [1.807, 2.05) is 36.0 Å². The number of thioether (sulfide) groups is 1. The second-order valence-corrected chi connectivity index (χ2v) is 10.9. The Balaban J connectivity index is 1.48. The van der Waals surface area contributed by atoms with Gasteiger partial charge in [0, 0.05) is 41.8 Å². The summed E-state index contributed by atoms with van der Waals surface area (Å²) < 4.78 is 5.31. The Hall–Kier alpha value is -1.87. The van der Waals surface area contributed by atoms with Crippen molar-refractivity contribution >= 4 is 40.6 Å². The van der Waals surface area contributed by atoms with Crippen molar-refractivity contribution in [2.24, 2.45) is 0 Å². The van der Waals surface area contributed by atoms with Crippen molar-refractivity contribution < 1.29 is 19.2 Å². The third kappa shape index (κ3) is 5.92. The van der Waals surface area contributed by atoms with Crippen molar-refractivity contribution in [3.05, 3.63) is 41.3 Å². The number of thiophene rings is 1. The molecule has 0 aliphatic carbocycles. The van der Waals surface area contributed by atoms with E-state index in [4.69, 9.17) is 9.57 Å². The van der Waals surface area contributed by atoms with Crippen LogP contribution in [0.25, 0.3) is 10.4 Å². The molecule has 1 aromatic carbocycles. The number of carbonyl (C=O) groups excluding carboxylic acids is 2. The second kappa shape index (κ2) is 10.8. The number of benzene rings is 1. The number of ether oxygens (including phenoxy) is 1. The topological polar surface area (TPSA) is 76.7 Å². The molecule has 8 heteroatoms. The van der Waals surface area contributed by atoms with Gasteiger partial charge in [-0.25, -0.2) is 10.3 Å². The summed E-state index contributed by atoms with van der Waals surface area (Å²) in [6.45, 7) is 2.19. The van der Waals surface area contributed by atoms with Gasteiger partial charge in [-0.2, -0.15) is 0 Å². The lowest BCUT2D eigenvalue weighted by atomic mass is 9.94. The van der Waals surface area contributed by atoms with Gasteiger partial charge in [-0.3, -0.25) is 9.59 Å². The average Bonchev–Trinajstić information content (AvgIpc) is 3.30. The van der Waals surface area contributed by atoms with Gasteiger partial charge in [0.15, 0.2) is 6.29 Å². The number of hydroxylamine groups is 1. The maximum absolute atomic E-state index is 12.8. The maximum atomic E-state index is 12.8. The van der Waals surface area contributed by atoms with Crippen molar-refractivity contribution in [2.45, 2.75) is 62.9 Å². The van der Waals surface area contributed by atoms with Crippen LogP contribution in [0.2, 0.25) is 0 Å². The molecule has 2 fully saturated rings. The van der Waals surface area contributed by atoms with Gasteiger partial charge in [0.25, 0.3) is 0 Å². The van der Waals surface area contributed by atoms with Crippen molar-refractivity contribution in [3.63, 3.8) is 0 Å². The molecule has 1 aromatic heterocycles. The number of hydrogen-bond donors (Lipinski definition) is 2. The molecule has 2 aliphatic rings. The Morgan fingerprint density at radius 1 is 1.19 bits per heavy atom. The Bertz CT molecular complexity index is 934. The number of amides is 2. The first-order valence-electron chi connectivity index (χ1n) is 11.2. The smallest absolute Gasteiger partial charge is 0.245 e. The van der Waals surface area contributed by atoms with E-state index in [2.05, 4.69) is 22.9 Å². The fourth-order valence-electron chi connectivity index (χ4n) is 4.20. The monoisotopic (exact) mass is 474 g/mol. The molecule has 0 saturated carbocycles. The molecule has 2 aromatic rings. The molecule has 32 heavy (non-hydrogen) atoms. The highest BCUT2D eigenvalue weighted by molar-refractivity contribution is 8.00. The largest absolute Gasteiger partial charge is 0.350 e. The number of anilines is 1. The van der Waals surface area contributed by atoms with Crippen molar-refractivity contribution in [2.75, 3.05) is 17.7 Å². The van der Waals surface area contributed by atoms with E-state index in [-0.39, 0.29) is 22.9 Å². The van der Waals surface area contributed by atoms with E-state index in [0.29, 0.717) is 13.0 Å². The van der Waals surface area contributed by atoms with Gasteiger partial charge < -0.3 is 10.1 Å². The summed E-state index contributed by atoms with van der Waals surface area (Å²) in [5.74, 6) is 0.861. The Morgan fingerprint density at radius 3 is 2.84 bits per heavy atom. The minimum atomic E-state index is -0.341. The number of carbonyl (C=O) groups is 2. The van der Waals surface area contributed by atoms with E-state index in [9.17, 15) is 9.59 Å². The minimum absolute atomic E-state index is 0.0848. The number of rotatable bonds is 7. The SMILES string of the molecule is CC(=O)Nc1cccc(-c2ccc([C@@]3(CC(=O)NOC4CCCCO4)CCCCS3)s2)c1. The molecule has 2 N–H and O–H groups in total. The van der Waals surface area contributed by atoms with E-state index in [1.54, 1.807) is 11.3 Å². The molecule has 0 radical (unpaired) electrons. The molecular weight excluding hydrogens is 444 g/mol. The summed E-state index contributed by atoms with van der Waals surface area (Å²) in [5.41, 5.74) is 4.49. The quantitative estimate of drug-likeness (QED) is 0.522. The fourth-order valence-corrected chi connectivity index (χ4v) is 7.08. The highest BCUT2D eigenvalue weighted by Gasteiger charge is 2.38. The van der Waals surface area contributed by atoms with Crippen molar-refractivity contribution in [1.82, 2.24) is 5.48 Å². The normalized spacial score (nSPS) is 23.5. The lowest BCUT2D eigenvalue weighted by Crippen LogP contribution is -2.37. The van der Waals surface area contributed by atoms with Crippen LogP contribution in [0.15, 0.2) is 36.4 Å². The molecule has 0 spiro atoms. The summed E-state index contributed by atoms with van der Waals surface area (Å²) >= 11 is 3.61. The predicted octanol–water partition coefficient (Wildman–Crippen LogP) is 5.45. The first-order valence-corrected chi connectivity index (χ1v) is 13.0. The molecule has 172 valence electrons. The molecule has 3 heterocycles.